The van der Waals surface area contributed by atoms with Crippen molar-refractivity contribution in [2.24, 2.45) is 0 Å². The molecule has 158 valence electrons. The maximum absolute atomic E-state index is 12.6. The summed E-state index contributed by atoms with van der Waals surface area (Å²) in [5.74, 6) is -2.04. The van der Waals surface area contributed by atoms with Gasteiger partial charge in [-0.25, -0.2) is 4.79 Å². The lowest BCUT2D eigenvalue weighted by Gasteiger charge is -2.30. The number of aliphatic carboxylic acids is 1. The number of nitrogens with zero attached hydrogens (tertiary/aromatic N) is 3. The minimum Gasteiger partial charge on any atom is -0.475 e. The second-order valence-electron chi connectivity index (χ2n) is 6.84. The minimum absolute atomic E-state index is 0.0370. The first kappa shape index (κ1) is 22.4. The van der Waals surface area contributed by atoms with E-state index in [0.29, 0.717) is 17.9 Å². The molecule has 3 rings (SSSR count). The number of carboxylic acids is 1. The molecule has 0 aromatic carbocycles. The molecular formula is C19H22F3N3O4. The molecule has 0 radical (unpaired) electrons. The van der Waals surface area contributed by atoms with Crippen LogP contribution in [-0.4, -0.2) is 58.6 Å². The van der Waals surface area contributed by atoms with Crippen LogP contribution in [0.15, 0.2) is 29.1 Å². The molecule has 0 spiro atoms. The van der Waals surface area contributed by atoms with Crippen LogP contribution in [0.3, 0.4) is 0 Å². The Morgan fingerprint density at radius 3 is 2.48 bits per heavy atom. The van der Waals surface area contributed by atoms with E-state index in [0.717, 1.165) is 25.1 Å². The van der Waals surface area contributed by atoms with Crippen molar-refractivity contribution in [2.45, 2.75) is 32.6 Å². The third kappa shape index (κ3) is 5.80. The first-order valence-corrected chi connectivity index (χ1v) is 8.73. The zero-order valence-corrected chi connectivity index (χ0v) is 16.3. The first-order chi connectivity index (χ1) is 13.5. The van der Waals surface area contributed by atoms with Crippen LogP contribution in [0.2, 0.25) is 0 Å². The fourth-order valence-electron chi connectivity index (χ4n) is 3.00. The number of hydrogen-bond acceptors (Lipinski definition) is 5. The van der Waals surface area contributed by atoms with Crippen LogP contribution in [0.1, 0.15) is 32.8 Å². The summed E-state index contributed by atoms with van der Waals surface area (Å²) < 4.78 is 37.0. The number of carbonyl (C=O) groups is 2. The number of fused-ring (bicyclic) bond motifs is 1. The molecule has 0 aliphatic carbocycles. The lowest BCUT2D eigenvalue weighted by atomic mass is 9.96. The number of carboxylic acid groups (broad SMARTS) is 1. The SMILES string of the molecule is Cc1occc1C(=O)N1CCc2c(CN(C)C)cncc2C1.O=C(O)C(F)(F)F. The highest BCUT2D eigenvalue weighted by molar-refractivity contribution is 5.95. The average Bonchev–Trinajstić information content (AvgIpc) is 3.06. The van der Waals surface area contributed by atoms with Gasteiger partial charge < -0.3 is 19.3 Å². The highest BCUT2D eigenvalue weighted by Gasteiger charge is 2.38. The summed E-state index contributed by atoms with van der Waals surface area (Å²) in [4.78, 5) is 29.8. The van der Waals surface area contributed by atoms with Gasteiger partial charge in [-0.15, -0.1) is 0 Å². The van der Waals surface area contributed by atoms with Crippen LogP contribution in [0, 0.1) is 6.92 Å². The van der Waals surface area contributed by atoms with Crippen molar-refractivity contribution in [2.75, 3.05) is 20.6 Å². The van der Waals surface area contributed by atoms with E-state index < -0.39 is 12.1 Å². The largest absolute Gasteiger partial charge is 0.490 e. The van der Waals surface area contributed by atoms with Gasteiger partial charge in [-0.2, -0.15) is 13.2 Å². The molecule has 0 saturated carbocycles. The number of pyridine rings is 1. The van der Waals surface area contributed by atoms with Crippen molar-refractivity contribution in [1.82, 2.24) is 14.8 Å². The number of alkyl halides is 3. The second-order valence-corrected chi connectivity index (χ2v) is 6.84. The van der Waals surface area contributed by atoms with E-state index in [-0.39, 0.29) is 5.91 Å². The Morgan fingerprint density at radius 1 is 1.31 bits per heavy atom. The second kappa shape index (κ2) is 9.08. The van der Waals surface area contributed by atoms with E-state index in [1.165, 1.54) is 11.1 Å². The summed E-state index contributed by atoms with van der Waals surface area (Å²) in [6, 6.07) is 1.74. The summed E-state index contributed by atoms with van der Waals surface area (Å²) in [6.45, 7) is 4.06. The van der Waals surface area contributed by atoms with Gasteiger partial charge in [0.1, 0.15) is 5.76 Å². The highest BCUT2D eigenvalue weighted by atomic mass is 19.4. The van der Waals surface area contributed by atoms with Crippen LogP contribution in [0.5, 0.6) is 0 Å². The molecule has 1 aliphatic rings. The molecule has 2 aromatic rings. The molecule has 0 unspecified atom stereocenters. The Bertz CT molecular complexity index is 878. The van der Waals surface area contributed by atoms with Gasteiger partial charge in [-0.1, -0.05) is 0 Å². The van der Waals surface area contributed by atoms with Crippen molar-refractivity contribution >= 4 is 11.9 Å². The number of hydrogen-bond donors (Lipinski definition) is 1. The summed E-state index contributed by atoms with van der Waals surface area (Å²) in [5.41, 5.74) is 4.41. The predicted octanol–water partition coefficient (Wildman–Crippen LogP) is 2.88. The molecule has 0 bridgehead atoms. The zero-order valence-electron chi connectivity index (χ0n) is 16.3. The molecule has 1 N–H and O–H groups in total. The summed E-state index contributed by atoms with van der Waals surface area (Å²) >= 11 is 0. The average molecular weight is 413 g/mol. The Labute approximate surface area is 165 Å². The van der Waals surface area contributed by atoms with E-state index in [9.17, 15) is 18.0 Å². The molecule has 10 heteroatoms. The lowest BCUT2D eigenvalue weighted by Crippen LogP contribution is -2.36. The molecular weight excluding hydrogens is 391 g/mol. The fourth-order valence-corrected chi connectivity index (χ4v) is 3.00. The monoisotopic (exact) mass is 413 g/mol. The molecule has 29 heavy (non-hydrogen) atoms. The van der Waals surface area contributed by atoms with Crippen molar-refractivity contribution < 1.29 is 32.3 Å². The first-order valence-electron chi connectivity index (χ1n) is 8.73. The Hall–Kier alpha value is -2.88. The van der Waals surface area contributed by atoms with Gasteiger partial charge in [0.2, 0.25) is 0 Å². The molecule has 2 aromatic heterocycles. The normalized spacial score (nSPS) is 13.6. The lowest BCUT2D eigenvalue weighted by molar-refractivity contribution is -0.192. The van der Waals surface area contributed by atoms with Gasteiger partial charge in [0.15, 0.2) is 0 Å². The Balaban J connectivity index is 0.000000370. The van der Waals surface area contributed by atoms with E-state index in [1.54, 1.807) is 12.3 Å². The number of rotatable bonds is 3. The van der Waals surface area contributed by atoms with Crippen LogP contribution in [0.25, 0.3) is 0 Å². The van der Waals surface area contributed by atoms with E-state index in [2.05, 4.69) is 24.0 Å². The molecule has 0 atom stereocenters. The zero-order chi connectivity index (χ0) is 21.8. The number of aromatic nitrogens is 1. The smallest absolute Gasteiger partial charge is 0.475 e. The summed E-state index contributed by atoms with van der Waals surface area (Å²) in [7, 11) is 4.11. The standard InChI is InChI=1S/C17H21N3O2.C2HF3O2/c1-12-15(5-7-22-12)17(21)20-6-4-16-13(10-19(2)3)8-18-9-14(16)11-20;3-2(4,5)1(6)7/h5,7-9H,4,6,10-11H2,1-3H3;(H,6,7). The Morgan fingerprint density at radius 2 is 1.97 bits per heavy atom. The van der Waals surface area contributed by atoms with Gasteiger partial charge in [0, 0.05) is 32.0 Å². The number of aryl methyl sites for hydroxylation is 1. The van der Waals surface area contributed by atoms with Gasteiger partial charge in [0.05, 0.1) is 11.8 Å². The van der Waals surface area contributed by atoms with Crippen molar-refractivity contribution in [3.8, 4) is 0 Å². The van der Waals surface area contributed by atoms with Crippen LogP contribution in [0.4, 0.5) is 13.2 Å². The quantitative estimate of drug-likeness (QED) is 0.833. The minimum atomic E-state index is -5.08. The fraction of sp³-hybridized carbons (Fsp3) is 0.421. The molecule has 0 fully saturated rings. The maximum Gasteiger partial charge on any atom is 0.490 e. The van der Waals surface area contributed by atoms with E-state index in [1.807, 2.05) is 24.2 Å². The van der Waals surface area contributed by atoms with Crippen LogP contribution >= 0.6 is 0 Å². The van der Waals surface area contributed by atoms with E-state index in [4.69, 9.17) is 14.3 Å². The molecule has 1 aliphatic heterocycles. The molecule has 7 nitrogen and oxygen atoms in total. The predicted molar refractivity (Wildman–Crippen MR) is 97.2 cm³/mol. The van der Waals surface area contributed by atoms with Gasteiger partial charge in [-0.3, -0.25) is 9.78 Å². The van der Waals surface area contributed by atoms with Gasteiger partial charge in [0.25, 0.3) is 5.91 Å². The van der Waals surface area contributed by atoms with Crippen molar-refractivity contribution in [3.63, 3.8) is 0 Å². The van der Waals surface area contributed by atoms with Crippen molar-refractivity contribution in [1.29, 1.82) is 0 Å². The third-order valence-corrected chi connectivity index (χ3v) is 4.33. The topological polar surface area (TPSA) is 86.9 Å². The Kier molecular flexibility index (Phi) is 7.02. The van der Waals surface area contributed by atoms with Crippen molar-refractivity contribution in [3.05, 3.63) is 52.7 Å². The highest BCUT2D eigenvalue weighted by Crippen LogP contribution is 2.24. The number of halogens is 3. The molecule has 1 amide bonds. The van der Waals surface area contributed by atoms with E-state index >= 15 is 0 Å². The third-order valence-electron chi connectivity index (χ3n) is 4.33. The van der Waals surface area contributed by atoms with Crippen LogP contribution in [-0.2, 0) is 24.3 Å². The number of furan rings is 1. The van der Waals surface area contributed by atoms with Gasteiger partial charge >= 0.3 is 12.1 Å². The maximum atomic E-state index is 12.6. The van der Waals surface area contributed by atoms with Gasteiger partial charge in [-0.05, 0) is 50.2 Å². The molecule has 3 heterocycles. The molecule has 0 saturated heterocycles. The number of amides is 1. The summed E-state index contributed by atoms with van der Waals surface area (Å²) in [5, 5.41) is 7.12. The number of carbonyl (C=O) groups excluding carboxylic acids is 1. The van der Waals surface area contributed by atoms with Crippen LogP contribution < -0.4 is 0 Å². The summed E-state index contributed by atoms with van der Waals surface area (Å²) in [6.07, 6.45) is 1.19.